The van der Waals surface area contributed by atoms with Crippen LogP contribution >= 0.6 is 0 Å². The highest BCUT2D eigenvalue weighted by Crippen LogP contribution is 2.15. The van der Waals surface area contributed by atoms with E-state index >= 15 is 0 Å². The number of hydrogen-bond acceptors (Lipinski definition) is 22. The molecule has 0 aromatic heterocycles. The zero-order valence-corrected chi connectivity index (χ0v) is 55.1. The summed E-state index contributed by atoms with van der Waals surface area (Å²) in [5.41, 5.74) is 22.0. The van der Waals surface area contributed by atoms with E-state index < -0.39 is 243 Å². The van der Waals surface area contributed by atoms with Gasteiger partial charge < -0.3 is 117 Å². The number of primary amides is 3. The van der Waals surface area contributed by atoms with E-state index in [1.807, 2.05) is 0 Å². The maximum atomic E-state index is 14.4. The van der Waals surface area contributed by atoms with Crippen molar-refractivity contribution in [1.82, 2.24) is 63.8 Å². The second-order valence-electron chi connectivity index (χ2n) is 23.4. The van der Waals surface area contributed by atoms with Crippen molar-refractivity contribution < 1.29 is 107 Å². The number of carbonyl (C=O) groups is 16. The van der Waals surface area contributed by atoms with Crippen molar-refractivity contribution in [3.63, 3.8) is 0 Å². The van der Waals surface area contributed by atoms with Crippen LogP contribution in [-0.4, -0.2) is 230 Å². The molecule has 0 saturated carbocycles. The summed E-state index contributed by atoms with van der Waals surface area (Å²) in [4.78, 5) is 210. The molecular formula is C59H96N16O22. The number of carboxylic acid groups (broad SMARTS) is 1. The topological polar surface area (TPSA) is 643 Å². The number of carboxylic acids is 1. The Morgan fingerprint density at radius 2 is 0.856 bits per heavy atom. The van der Waals surface area contributed by atoms with Gasteiger partial charge in [0.15, 0.2) is 0 Å². The molecule has 0 saturated heterocycles. The molecule has 1 aromatic rings. The van der Waals surface area contributed by atoms with Crippen LogP contribution in [0.3, 0.4) is 0 Å². The van der Waals surface area contributed by atoms with Crippen LogP contribution in [0.2, 0.25) is 0 Å². The highest BCUT2D eigenvalue weighted by atomic mass is 16.4. The number of aromatic hydroxyl groups is 1. The monoisotopic (exact) mass is 1380 g/mol. The lowest BCUT2D eigenvalue weighted by molar-refractivity contribution is -0.138. The van der Waals surface area contributed by atoms with Gasteiger partial charge in [-0.2, -0.15) is 0 Å². The number of rotatable bonds is 46. The molecule has 0 aliphatic carbocycles. The van der Waals surface area contributed by atoms with Crippen LogP contribution < -0.4 is 86.7 Å². The smallest absolute Gasteiger partial charge is 0.303 e. The predicted octanol–water partition coefficient (Wildman–Crippen LogP) is -9.14. The molecule has 14 atom stereocenters. The third-order valence-electron chi connectivity index (χ3n) is 14.7. The normalized spacial score (nSPS) is 15.4. The number of aliphatic hydroxyl groups is 4. The van der Waals surface area contributed by atoms with Crippen molar-refractivity contribution in [2.24, 2.45) is 34.8 Å². The summed E-state index contributed by atoms with van der Waals surface area (Å²) in [6, 6.07) is -15.0. The number of unbranched alkanes of at least 4 members (excludes halogenated alkanes) is 1. The molecule has 0 aliphatic rings. The lowest BCUT2D eigenvalue weighted by atomic mass is 9.97. The van der Waals surface area contributed by atoms with E-state index in [2.05, 4.69) is 63.8 Å². The first kappa shape index (κ1) is 85.4. The van der Waals surface area contributed by atoms with Crippen molar-refractivity contribution in [1.29, 1.82) is 0 Å². The first-order valence-corrected chi connectivity index (χ1v) is 31.1. The molecule has 0 radical (unpaired) electrons. The number of aliphatic hydroxyl groups excluding tert-OH is 4. The molecule has 0 spiro atoms. The molecule has 0 bridgehead atoms. The largest absolute Gasteiger partial charge is 0.508 e. The Morgan fingerprint density at radius 3 is 1.32 bits per heavy atom. The Morgan fingerprint density at radius 1 is 0.454 bits per heavy atom. The Kier molecular flexibility index (Phi) is 38.2. The molecule has 1 rings (SSSR count). The first-order chi connectivity index (χ1) is 45.4. The van der Waals surface area contributed by atoms with Gasteiger partial charge in [0.2, 0.25) is 88.6 Å². The summed E-state index contributed by atoms with van der Waals surface area (Å²) >= 11 is 0. The van der Waals surface area contributed by atoms with E-state index in [4.69, 9.17) is 28.0 Å². The van der Waals surface area contributed by atoms with Crippen LogP contribution in [0.1, 0.15) is 118 Å². The van der Waals surface area contributed by atoms with Gasteiger partial charge in [0, 0.05) is 26.2 Å². The Bertz CT molecular complexity index is 2900. The maximum Gasteiger partial charge on any atom is 0.303 e. The average molecular weight is 1380 g/mol. The first-order valence-electron chi connectivity index (χ1n) is 31.1. The van der Waals surface area contributed by atoms with Crippen molar-refractivity contribution in [3.8, 4) is 5.75 Å². The van der Waals surface area contributed by atoms with Crippen LogP contribution in [0.15, 0.2) is 24.3 Å². The lowest BCUT2D eigenvalue weighted by Crippen LogP contribution is -2.62. The van der Waals surface area contributed by atoms with Gasteiger partial charge in [-0.05, 0) is 88.4 Å². The van der Waals surface area contributed by atoms with Gasteiger partial charge in [-0.25, -0.2) is 0 Å². The lowest BCUT2D eigenvalue weighted by Gasteiger charge is -2.29. The second-order valence-corrected chi connectivity index (χ2v) is 23.4. The summed E-state index contributed by atoms with van der Waals surface area (Å²) < 4.78 is 0. The third-order valence-corrected chi connectivity index (χ3v) is 14.7. The number of phenolic OH excluding ortho intramolecular Hbond substituents is 1. The van der Waals surface area contributed by atoms with E-state index in [0.717, 1.165) is 13.8 Å². The molecule has 544 valence electrons. The number of nitrogens with two attached hydrogens (primary N) is 4. The molecule has 38 heteroatoms. The van der Waals surface area contributed by atoms with Gasteiger partial charge >= 0.3 is 5.97 Å². The number of carbonyl (C=O) groups excluding carboxylic acids is 15. The van der Waals surface area contributed by atoms with Crippen molar-refractivity contribution in [2.75, 3.05) is 26.4 Å². The molecule has 97 heavy (non-hydrogen) atoms. The van der Waals surface area contributed by atoms with Crippen LogP contribution in [0.5, 0.6) is 5.75 Å². The number of aliphatic carboxylic acids is 1. The summed E-state index contributed by atoms with van der Waals surface area (Å²) in [6.45, 7) is 6.60. The van der Waals surface area contributed by atoms with E-state index in [0.29, 0.717) is 6.42 Å². The second kappa shape index (κ2) is 43.4. The Labute approximate surface area is 558 Å². The standard InChI is InChI=1S/C59H96N16O22/c1-8-28(4)46(74-51(89)35(11-9-10-20-60)66-54(92)39(23-44(62)83)68-49(87)29(5)64-31(7)80)58(96)73-41(25-77)56(94)70-38(22-32-12-14-33(81)15-13-32)53(91)67-36(16-18-43(61)82)50(88)71-40(24-76)55(93)69-37(21-27(2)3)52(90)72-42(26-78)57(95)75-47(30(6)79)59(97)65-34(48(63)86)17-19-45(84)85/h12-15,27-30,34-42,46-47,76-79,81H,8-11,16-26,60H2,1-7H3,(H2,61,82)(H2,62,83)(H2,63,86)(H,64,80)(H,65,97)(H,66,92)(H,67,91)(H,68,87)(H,69,93)(H,70,94)(H,71,88)(H,72,90)(H,73,96)(H,74,89)(H,75,95)(H,84,85)/t28-,29-,30+,34-,35-,36-,37-,38-,39-,40-,41-,42-,46-,47-/m0/s1. The van der Waals surface area contributed by atoms with Crippen LogP contribution in [-0.2, 0) is 83.1 Å². The number of phenols is 1. The zero-order chi connectivity index (χ0) is 74.0. The van der Waals surface area contributed by atoms with Gasteiger partial charge in [0.1, 0.15) is 78.3 Å². The van der Waals surface area contributed by atoms with E-state index in [1.54, 1.807) is 27.7 Å². The van der Waals surface area contributed by atoms with Gasteiger partial charge in [0.05, 0.1) is 32.3 Å². The molecule has 0 fully saturated rings. The third kappa shape index (κ3) is 31.6. The highest BCUT2D eigenvalue weighted by Gasteiger charge is 2.38. The zero-order valence-electron chi connectivity index (χ0n) is 55.1. The van der Waals surface area contributed by atoms with E-state index in [1.165, 1.54) is 31.2 Å². The highest BCUT2D eigenvalue weighted by molar-refractivity contribution is 6.00. The predicted molar refractivity (Wildman–Crippen MR) is 339 cm³/mol. The Balaban J connectivity index is 3.58. The quantitative estimate of drug-likeness (QED) is 0.0270. The SMILES string of the molecule is CC[C@H](C)[C@H](NC(=O)[C@H](CCCCN)NC(=O)[C@H](CC(N)=O)NC(=O)[C@H](C)NC(C)=O)C(=O)N[C@@H](CO)C(=O)N[C@@H](Cc1ccc(O)cc1)C(=O)N[C@@H](CCC(N)=O)C(=O)N[C@@H](CO)C(=O)N[C@@H](CC(C)C)C(=O)N[C@@H](CO)C(=O)N[C@H](C(=O)N[C@@H](CCC(=O)O)C(N)=O)[C@@H](C)O. The van der Waals surface area contributed by atoms with Crippen molar-refractivity contribution >= 4 is 94.6 Å². The Hall–Kier alpha value is -9.66. The fraction of sp³-hybridized carbons (Fsp3) is 0.627. The number of hydrogen-bond donors (Lipinski definition) is 22. The van der Waals surface area contributed by atoms with E-state index in [-0.39, 0.29) is 43.5 Å². The fourth-order valence-corrected chi connectivity index (χ4v) is 9.08. The van der Waals surface area contributed by atoms with Gasteiger partial charge in [-0.3, -0.25) is 76.7 Å². The molecule has 0 aliphatic heterocycles. The fourth-order valence-electron chi connectivity index (χ4n) is 9.08. The molecule has 15 amide bonds. The summed E-state index contributed by atoms with van der Waals surface area (Å²) in [6.07, 6.45) is -4.65. The number of nitrogens with one attached hydrogen (secondary N) is 12. The van der Waals surface area contributed by atoms with Crippen molar-refractivity contribution in [2.45, 2.75) is 198 Å². The van der Waals surface area contributed by atoms with Gasteiger partial charge in [-0.1, -0.05) is 46.2 Å². The number of benzene rings is 1. The van der Waals surface area contributed by atoms with Crippen molar-refractivity contribution in [3.05, 3.63) is 29.8 Å². The molecule has 38 nitrogen and oxygen atoms in total. The minimum Gasteiger partial charge on any atom is -0.508 e. The van der Waals surface area contributed by atoms with Crippen LogP contribution in [0.25, 0.3) is 0 Å². The maximum absolute atomic E-state index is 14.4. The molecule has 0 unspecified atom stereocenters. The minimum absolute atomic E-state index is 0.0946. The number of amides is 15. The summed E-state index contributed by atoms with van der Waals surface area (Å²) in [5.74, 6) is -18.9. The summed E-state index contributed by atoms with van der Waals surface area (Å²) in [7, 11) is 0. The van der Waals surface area contributed by atoms with Crippen LogP contribution in [0, 0.1) is 11.8 Å². The average Bonchev–Trinajstić information content (AvgIpc) is 0.875. The van der Waals surface area contributed by atoms with Gasteiger partial charge in [0.25, 0.3) is 0 Å². The molecular weight excluding hydrogens is 1280 g/mol. The van der Waals surface area contributed by atoms with Crippen LogP contribution in [0.4, 0.5) is 0 Å². The summed E-state index contributed by atoms with van der Waals surface area (Å²) in [5, 5.41) is 88.2. The minimum atomic E-state index is -1.96. The van der Waals surface area contributed by atoms with Gasteiger partial charge in [-0.15, -0.1) is 0 Å². The molecule has 1 aromatic carbocycles. The molecule has 26 N–H and O–H groups in total. The molecule has 0 heterocycles. The van der Waals surface area contributed by atoms with E-state index in [9.17, 15) is 102 Å².